The van der Waals surface area contributed by atoms with E-state index in [0.717, 1.165) is 17.7 Å². The molecule has 1 unspecified atom stereocenters. The number of carbonyl (C=O) groups is 1. The maximum atomic E-state index is 11.9. The molecule has 1 atom stereocenters. The lowest BCUT2D eigenvalue weighted by molar-refractivity contribution is -0.144. The van der Waals surface area contributed by atoms with Crippen molar-refractivity contribution in [3.63, 3.8) is 0 Å². The molecule has 3 nitrogen and oxygen atoms in total. The smallest absolute Gasteiger partial charge is 0.329 e. The summed E-state index contributed by atoms with van der Waals surface area (Å²) in [5, 5.41) is 12.9. The van der Waals surface area contributed by atoms with Crippen molar-refractivity contribution < 1.29 is 9.90 Å². The van der Waals surface area contributed by atoms with Crippen LogP contribution in [0.5, 0.6) is 0 Å². The van der Waals surface area contributed by atoms with E-state index in [1.807, 2.05) is 37.3 Å². The monoisotopic (exact) mass is 295 g/mol. The average molecular weight is 295 g/mol. The van der Waals surface area contributed by atoms with Gasteiger partial charge in [0.1, 0.15) is 0 Å². The van der Waals surface area contributed by atoms with E-state index >= 15 is 0 Å². The van der Waals surface area contributed by atoms with Gasteiger partial charge in [0.2, 0.25) is 0 Å². The molecule has 0 aromatic heterocycles. The van der Waals surface area contributed by atoms with Crippen LogP contribution < -0.4 is 5.32 Å². The van der Waals surface area contributed by atoms with Gasteiger partial charge in [0.05, 0.1) is 0 Å². The Morgan fingerprint density at radius 2 is 2.00 bits per heavy atom. The second kappa shape index (κ2) is 8.32. The lowest BCUT2D eigenvalue weighted by Crippen LogP contribution is -2.51. The van der Waals surface area contributed by atoms with E-state index < -0.39 is 11.5 Å². The van der Waals surface area contributed by atoms with Crippen LogP contribution in [-0.2, 0) is 10.3 Å². The maximum absolute atomic E-state index is 11.9. The van der Waals surface area contributed by atoms with Gasteiger partial charge in [-0.25, -0.2) is 4.79 Å². The summed E-state index contributed by atoms with van der Waals surface area (Å²) >= 11 is 1.71. The lowest BCUT2D eigenvalue weighted by Gasteiger charge is -2.30. The van der Waals surface area contributed by atoms with Gasteiger partial charge in [-0.2, -0.15) is 11.8 Å². The molecule has 0 fully saturated rings. The van der Waals surface area contributed by atoms with E-state index in [0.29, 0.717) is 18.2 Å². The molecule has 0 saturated heterocycles. The van der Waals surface area contributed by atoms with Crippen LogP contribution in [0.15, 0.2) is 30.3 Å². The van der Waals surface area contributed by atoms with Crippen LogP contribution in [0.4, 0.5) is 0 Å². The molecule has 0 bridgehead atoms. The summed E-state index contributed by atoms with van der Waals surface area (Å²) in [6, 6.07) is 9.47. The highest BCUT2D eigenvalue weighted by Gasteiger charge is 2.39. The Labute approximate surface area is 126 Å². The number of nitrogens with one attached hydrogen (secondary N) is 1. The Morgan fingerprint density at radius 1 is 1.35 bits per heavy atom. The Kier molecular flexibility index (Phi) is 7.10. The largest absolute Gasteiger partial charge is 0.480 e. The summed E-state index contributed by atoms with van der Waals surface area (Å²) in [6.45, 7) is 6.95. The van der Waals surface area contributed by atoms with Gasteiger partial charge in [-0.3, -0.25) is 5.32 Å². The SMILES string of the molecule is CCNC(CSCCC(C)C)(C(=O)O)c1ccccc1. The highest BCUT2D eigenvalue weighted by molar-refractivity contribution is 7.99. The first-order chi connectivity index (χ1) is 9.53. The van der Waals surface area contributed by atoms with E-state index in [-0.39, 0.29) is 0 Å². The second-order valence-corrected chi connectivity index (χ2v) is 6.45. The van der Waals surface area contributed by atoms with E-state index in [4.69, 9.17) is 0 Å². The molecular formula is C16H25NO2S. The van der Waals surface area contributed by atoms with E-state index in [2.05, 4.69) is 19.2 Å². The van der Waals surface area contributed by atoms with Gasteiger partial charge in [0.25, 0.3) is 0 Å². The van der Waals surface area contributed by atoms with Crippen molar-refractivity contribution in [3.05, 3.63) is 35.9 Å². The number of carboxylic acids is 1. The Balaban J connectivity index is 2.86. The molecule has 1 aromatic rings. The van der Waals surface area contributed by atoms with Crippen molar-refractivity contribution in [2.45, 2.75) is 32.7 Å². The molecule has 1 rings (SSSR count). The minimum atomic E-state index is -0.988. The van der Waals surface area contributed by atoms with Crippen molar-refractivity contribution in [1.82, 2.24) is 5.32 Å². The van der Waals surface area contributed by atoms with Gasteiger partial charge in [0.15, 0.2) is 5.54 Å². The van der Waals surface area contributed by atoms with Crippen molar-refractivity contribution in [3.8, 4) is 0 Å². The Bertz CT molecular complexity index is 408. The zero-order valence-corrected chi connectivity index (χ0v) is 13.4. The van der Waals surface area contributed by atoms with Crippen LogP contribution in [0.25, 0.3) is 0 Å². The third-order valence-electron chi connectivity index (χ3n) is 3.27. The van der Waals surface area contributed by atoms with E-state index in [9.17, 15) is 9.90 Å². The molecule has 0 saturated carbocycles. The standard InChI is InChI=1S/C16H25NO2S/c1-4-17-16(15(18)19,12-20-11-10-13(2)3)14-8-6-5-7-9-14/h5-9,13,17H,4,10-12H2,1-3H3,(H,18,19). The Hall–Kier alpha value is -1.00. The molecule has 0 amide bonds. The van der Waals surface area contributed by atoms with Gasteiger partial charge < -0.3 is 5.11 Å². The molecule has 0 aliphatic heterocycles. The molecule has 20 heavy (non-hydrogen) atoms. The number of hydrogen-bond donors (Lipinski definition) is 2. The fourth-order valence-electron chi connectivity index (χ4n) is 2.07. The predicted octanol–water partition coefficient (Wildman–Crippen LogP) is 3.36. The molecule has 112 valence electrons. The molecule has 0 spiro atoms. The molecular weight excluding hydrogens is 270 g/mol. The lowest BCUT2D eigenvalue weighted by atomic mass is 9.92. The number of benzene rings is 1. The van der Waals surface area contributed by atoms with Crippen LogP contribution >= 0.6 is 11.8 Å². The fraction of sp³-hybridized carbons (Fsp3) is 0.562. The van der Waals surface area contributed by atoms with Gasteiger partial charge in [-0.15, -0.1) is 0 Å². The molecule has 2 N–H and O–H groups in total. The van der Waals surface area contributed by atoms with E-state index in [1.54, 1.807) is 11.8 Å². The quantitative estimate of drug-likeness (QED) is 0.686. The fourth-order valence-corrected chi connectivity index (χ4v) is 3.55. The summed E-state index contributed by atoms with van der Waals surface area (Å²) in [5.74, 6) is 1.39. The molecule has 1 aromatic carbocycles. The third-order valence-corrected chi connectivity index (χ3v) is 4.43. The number of carboxylic acid groups (broad SMARTS) is 1. The van der Waals surface area contributed by atoms with Gasteiger partial charge in [-0.05, 0) is 30.2 Å². The molecule has 0 aliphatic rings. The van der Waals surface area contributed by atoms with Crippen LogP contribution in [0.2, 0.25) is 0 Å². The van der Waals surface area contributed by atoms with Crippen LogP contribution in [0, 0.1) is 5.92 Å². The van der Waals surface area contributed by atoms with E-state index in [1.165, 1.54) is 0 Å². The minimum absolute atomic E-state index is 0.549. The Morgan fingerprint density at radius 3 is 2.50 bits per heavy atom. The van der Waals surface area contributed by atoms with Gasteiger partial charge in [-0.1, -0.05) is 51.1 Å². The van der Waals surface area contributed by atoms with Crippen LogP contribution in [-0.4, -0.2) is 29.1 Å². The van der Waals surface area contributed by atoms with Crippen molar-refractivity contribution >= 4 is 17.7 Å². The second-order valence-electron chi connectivity index (χ2n) is 5.34. The van der Waals surface area contributed by atoms with Crippen molar-refractivity contribution in [2.75, 3.05) is 18.1 Å². The number of thioether (sulfide) groups is 1. The first-order valence-corrected chi connectivity index (χ1v) is 8.30. The summed E-state index contributed by atoms with van der Waals surface area (Å²) < 4.78 is 0. The van der Waals surface area contributed by atoms with Crippen LogP contribution in [0.1, 0.15) is 32.8 Å². The summed E-state index contributed by atoms with van der Waals surface area (Å²) in [5.41, 5.74) is -0.163. The average Bonchev–Trinajstić information content (AvgIpc) is 2.42. The summed E-state index contributed by atoms with van der Waals surface area (Å²) in [7, 11) is 0. The number of likely N-dealkylation sites (N-methyl/N-ethyl adjacent to an activating group) is 1. The zero-order chi connectivity index (χ0) is 15.0. The predicted molar refractivity (Wildman–Crippen MR) is 86.2 cm³/mol. The highest BCUT2D eigenvalue weighted by atomic mass is 32.2. The maximum Gasteiger partial charge on any atom is 0.329 e. The third kappa shape index (κ3) is 4.53. The van der Waals surface area contributed by atoms with Gasteiger partial charge in [0, 0.05) is 5.75 Å². The molecule has 4 heteroatoms. The van der Waals surface area contributed by atoms with Gasteiger partial charge >= 0.3 is 5.97 Å². The molecule has 0 heterocycles. The zero-order valence-electron chi connectivity index (χ0n) is 12.6. The topological polar surface area (TPSA) is 49.3 Å². The normalized spacial score (nSPS) is 14.2. The summed E-state index contributed by atoms with van der Waals surface area (Å²) in [4.78, 5) is 11.9. The van der Waals surface area contributed by atoms with Crippen molar-refractivity contribution in [2.24, 2.45) is 5.92 Å². The number of hydrogen-bond acceptors (Lipinski definition) is 3. The summed E-state index contributed by atoms with van der Waals surface area (Å²) in [6.07, 6.45) is 1.11. The molecule has 0 radical (unpaired) electrons. The first-order valence-electron chi connectivity index (χ1n) is 7.14. The van der Waals surface area contributed by atoms with Crippen LogP contribution in [0.3, 0.4) is 0 Å². The first kappa shape index (κ1) is 17.1. The highest BCUT2D eigenvalue weighted by Crippen LogP contribution is 2.27. The molecule has 0 aliphatic carbocycles. The number of aliphatic carboxylic acids is 1. The van der Waals surface area contributed by atoms with Crippen molar-refractivity contribution in [1.29, 1.82) is 0 Å². The number of rotatable bonds is 9. The minimum Gasteiger partial charge on any atom is -0.480 e.